The van der Waals surface area contributed by atoms with Crippen molar-refractivity contribution in [2.45, 2.75) is 0 Å². The molecule has 3 aromatic rings. The molecule has 2 aromatic carbocycles. The maximum Gasteiger partial charge on any atom is 0.269 e. The SMILES string of the molecule is O=[N+]([O-])c1ccc(-n2ccc3ccc(Cl)cc32)cc1. The first-order chi connectivity index (χ1) is 9.15. The predicted octanol–water partition coefficient (Wildman–Crippen LogP) is 4.19. The van der Waals surface area contributed by atoms with Crippen molar-refractivity contribution in [3.8, 4) is 5.69 Å². The van der Waals surface area contributed by atoms with Gasteiger partial charge in [-0.15, -0.1) is 0 Å². The second kappa shape index (κ2) is 4.40. The molecule has 0 unspecified atom stereocenters. The lowest BCUT2D eigenvalue weighted by molar-refractivity contribution is -0.384. The molecule has 1 aromatic heterocycles. The van der Waals surface area contributed by atoms with Crippen LogP contribution in [0.1, 0.15) is 0 Å². The van der Waals surface area contributed by atoms with Crippen LogP contribution in [0.3, 0.4) is 0 Å². The van der Waals surface area contributed by atoms with Crippen molar-refractivity contribution in [3.63, 3.8) is 0 Å². The van der Waals surface area contributed by atoms with E-state index >= 15 is 0 Å². The minimum absolute atomic E-state index is 0.0817. The molecule has 1 heterocycles. The van der Waals surface area contributed by atoms with Crippen LogP contribution in [0, 0.1) is 10.1 Å². The monoisotopic (exact) mass is 272 g/mol. The number of nitrogens with zero attached hydrogens (tertiary/aromatic N) is 2. The standard InChI is InChI=1S/C14H9ClN2O2/c15-11-2-1-10-7-8-16(14(10)9-11)12-3-5-13(6-4-12)17(18)19/h1-9H. The summed E-state index contributed by atoms with van der Waals surface area (Å²) in [5.74, 6) is 0. The maximum atomic E-state index is 10.6. The molecule has 0 saturated carbocycles. The summed E-state index contributed by atoms with van der Waals surface area (Å²) in [5, 5.41) is 12.4. The lowest BCUT2D eigenvalue weighted by Gasteiger charge is -2.05. The van der Waals surface area contributed by atoms with Gasteiger partial charge in [-0.1, -0.05) is 17.7 Å². The highest BCUT2D eigenvalue weighted by molar-refractivity contribution is 6.31. The quantitative estimate of drug-likeness (QED) is 0.519. The summed E-state index contributed by atoms with van der Waals surface area (Å²) >= 11 is 6.00. The first-order valence-corrected chi connectivity index (χ1v) is 6.04. The van der Waals surface area contributed by atoms with Crippen LogP contribution in [0.4, 0.5) is 5.69 Å². The normalized spacial score (nSPS) is 10.8. The van der Waals surface area contributed by atoms with E-state index in [-0.39, 0.29) is 5.69 Å². The van der Waals surface area contributed by atoms with Crippen LogP contribution in [-0.4, -0.2) is 9.49 Å². The molecular weight excluding hydrogens is 264 g/mol. The Morgan fingerprint density at radius 1 is 1.05 bits per heavy atom. The highest BCUT2D eigenvalue weighted by atomic mass is 35.5. The summed E-state index contributed by atoms with van der Waals surface area (Å²) in [6.45, 7) is 0. The van der Waals surface area contributed by atoms with Gasteiger partial charge in [-0.2, -0.15) is 0 Å². The number of benzene rings is 2. The van der Waals surface area contributed by atoms with Crippen molar-refractivity contribution in [1.29, 1.82) is 0 Å². The molecule has 0 atom stereocenters. The molecular formula is C14H9ClN2O2. The zero-order valence-corrected chi connectivity index (χ0v) is 10.5. The lowest BCUT2D eigenvalue weighted by Crippen LogP contribution is -1.93. The van der Waals surface area contributed by atoms with Crippen molar-refractivity contribution in [2.75, 3.05) is 0 Å². The summed E-state index contributed by atoms with van der Waals surface area (Å²) in [5.41, 5.74) is 1.92. The smallest absolute Gasteiger partial charge is 0.269 e. The zero-order valence-electron chi connectivity index (χ0n) is 9.79. The summed E-state index contributed by atoms with van der Waals surface area (Å²) in [6, 6.07) is 14.1. The summed E-state index contributed by atoms with van der Waals surface area (Å²) in [7, 11) is 0. The Morgan fingerprint density at radius 2 is 1.79 bits per heavy atom. The van der Waals surface area contributed by atoms with Gasteiger partial charge in [-0.05, 0) is 30.3 Å². The van der Waals surface area contributed by atoms with Gasteiger partial charge in [0.05, 0.1) is 10.4 Å². The summed E-state index contributed by atoms with van der Waals surface area (Å²) in [6.07, 6.45) is 1.92. The molecule has 0 aliphatic carbocycles. The Hall–Kier alpha value is -2.33. The predicted molar refractivity (Wildman–Crippen MR) is 74.9 cm³/mol. The number of fused-ring (bicyclic) bond motifs is 1. The topological polar surface area (TPSA) is 48.1 Å². The van der Waals surface area contributed by atoms with Gasteiger partial charge in [0, 0.05) is 34.4 Å². The average Bonchev–Trinajstić information content (AvgIpc) is 2.81. The number of nitro benzene ring substituents is 1. The largest absolute Gasteiger partial charge is 0.317 e. The number of non-ortho nitro benzene ring substituents is 1. The van der Waals surface area contributed by atoms with Gasteiger partial charge in [0.2, 0.25) is 0 Å². The number of hydrogen-bond acceptors (Lipinski definition) is 2. The number of aromatic nitrogens is 1. The van der Waals surface area contributed by atoms with Gasteiger partial charge in [0.25, 0.3) is 5.69 Å². The Kier molecular flexibility index (Phi) is 2.72. The van der Waals surface area contributed by atoms with Crippen LogP contribution in [0.2, 0.25) is 5.02 Å². The average molecular weight is 273 g/mol. The van der Waals surface area contributed by atoms with E-state index in [1.54, 1.807) is 12.1 Å². The number of nitro groups is 1. The Labute approximate surface area is 114 Å². The fraction of sp³-hybridized carbons (Fsp3) is 0. The molecule has 0 fully saturated rings. The first kappa shape index (κ1) is 11.7. The fourth-order valence-electron chi connectivity index (χ4n) is 2.06. The zero-order chi connectivity index (χ0) is 13.4. The third kappa shape index (κ3) is 2.06. The van der Waals surface area contributed by atoms with Crippen LogP contribution in [0.25, 0.3) is 16.6 Å². The van der Waals surface area contributed by atoms with Gasteiger partial charge < -0.3 is 4.57 Å². The summed E-state index contributed by atoms with van der Waals surface area (Å²) < 4.78 is 1.95. The lowest BCUT2D eigenvalue weighted by atomic mass is 10.2. The molecule has 94 valence electrons. The minimum atomic E-state index is -0.408. The van der Waals surface area contributed by atoms with E-state index in [1.165, 1.54) is 12.1 Å². The molecule has 3 rings (SSSR count). The molecule has 4 nitrogen and oxygen atoms in total. The van der Waals surface area contributed by atoms with Gasteiger partial charge in [-0.25, -0.2) is 0 Å². The second-order valence-corrected chi connectivity index (χ2v) is 4.60. The highest BCUT2D eigenvalue weighted by Crippen LogP contribution is 2.24. The first-order valence-electron chi connectivity index (χ1n) is 5.66. The van der Waals surface area contributed by atoms with Crippen molar-refractivity contribution in [2.24, 2.45) is 0 Å². The minimum Gasteiger partial charge on any atom is -0.317 e. The third-order valence-electron chi connectivity index (χ3n) is 2.99. The van der Waals surface area contributed by atoms with Crippen LogP contribution in [-0.2, 0) is 0 Å². The van der Waals surface area contributed by atoms with E-state index in [1.807, 2.05) is 35.0 Å². The molecule has 5 heteroatoms. The van der Waals surface area contributed by atoms with Crippen molar-refractivity contribution >= 4 is 28.2 Å². The molecule has 0 N–H and O–H groups in total. The molecule has 0 spiro atoms. The van der Waals surface area contributed by atoms with E-state index in [0.29, 0.717) is 5.02 Å². The molecule has 0 saturated heterocycles. The van der Waals surface area contributed by atoms with Crippen LogP contribution in [0.5, 0.6) is 0 Å². The second-order valence-electron chi connectivity index (χ2n) is 4.16. The maximum absolute atomic E-state index is 10.6. The van der Waals surface area contributed by atoms with E-state index in [4.69, 9.17) is 11.6 Å². The highest BCUT2D eigenvalue weighted by Gasteiger charge is 2.07. The number of hydrogen-bond donors (Lipinski definition) is 0. The van der Waals surface area contributed by atoms with E-state index in [9.17, 15) is 10.1 Å². The van der Waals surface area contributed by atoms with Crippen LogP contribution in [0.15, 0.2) is 54.7 Å². The van der Waals surface area contributed by atoms with E-state index < -0.39 is 4.92 Å². The van der Waals surface area contributed by atoms with Crippen molar-refractivity contribution in [1.82, 2.24) is 4.57 Å². The Morgan fingerprint density at radius 3 is 2.47 bits per heavy atom. The third-order valence-corrected chi connectivity index (χ3v) is 3.23. The fourth-order valence-corrected chi connectivity index (χ4v) is 2.23. The van der Waals surface area contributed by atoms with Gasteiger partial charge in [0.15, 0.2) is 0 Å². The van der Waals surface area contributed by atoms with Gasteiger partial charge in [-0.3, -0.25) is 10.1 Å². The molecule has 0 aliphatic heterocycles. The van der Waals surface area contributed by atoms with Gasteiger partial charge >= 0.3 is 0 Å². The number of rotatable bonds is 2. The molecule has 0 aliphatic rings. The van der Waals surface area contributed by atoms with E-state index in [0.717, 1.165) is 16.6 Å². The van der Waals surface area contributed by atoms with Gasteiger partial charge in [0.1, 0.15) is 0 Å². The van der Waals surface area contributed by atoms with E-state index in [2.05, 4.69) is 0 Å². The Balaban J connectivity index is 2.13. The molecule has 19 heavy (non-hydrogen) atoms. The Bertz CT molecular complexity index is 763. The summed E-state index contributed by atoms with van der Waals surface area (Å²) in [4.78, 5) is 10.2. The van der Waals surface area contributed by atoms with Crippen molar-refractivity contribution in [3.05, 3.63) is 69.9 Å². The number of halogens is 1. The van der Waals surface area contributed by atoms with Crippen molar-refractivity contribution < 1.29 is 4.92 Å². The molecule has 0 bridgehead atoms. The molecule has 0 radical (unpaired) electrons. The van der Waals surface area contributed by atoms with Crippen LogP contribution >= 0.6 is 11.6 Å². The van der Waals surface area contributed by atoms with Crippen LogP contribution < -0.4 is 0 Å². The molecule has 0 amide bonds.